The van der Waals surface area contributed by atoms with Gasteiger partial charge in [-0.2, -0.15) is 5.10 Å². The fourth-order valence-electron chi connectivity index (χ4n) is 3.14. The van der Waals surface area contributed by atoms with Gasteiger partial charge in [0.15, 0.2) is 0 Å². The molecule has 0 unspecified atom stereocenters. The summed E-state index contributed by atoms with van der Waals surface area (Å²) in [6.07, 6.45) is 3.46. The van der Waals surface area contributed by atoms with E-state index in [1.54, 1.807) is 0 Å². The highest BCUT2D eigenvalue weighted by atomic mass is 15.3. The van der Waals surface area contributed by atoms with Gasteiger partial charge in [-0.3, -0.25) is 4.68 Å². The molecule has 0 saturated carbocycles. The van der Waals surface area contributed by atoms with Crippen LogP contribution in [0.2, 0.25) is 0 Å². The van der Waals surface area contributed by atoms with Crippen molar-refractivity contribution in [2.24, 2.45) is 11.7 Å². The number of benzene rings is 1. The lowest BCUT2D eigenvalue weighted by Gasteiger charge is -2.08. The summed E-state index contributed by atoms with van der Waals surface area (Å²) in [5.74, 6) is 0.695. The molecule has 1 aromatic carbocycles. The minimum absolute atomic E-state index is 0.517. The molecule has 1 aliphatic heterocycles. The van der Waals surface area contributed by atoms with Gasteiger partial charge in [-0.25, -0.2) is 0 Å². The maximum Gasteiger partial charge on any atom is 0.0841 e. The summed E-state index contributed by atoms with van der Waals surface area (Å²) in [5, 5.41) is 4.65. The second-order valence-corrected chi connectivity index (χ2v) is 6.09. The third-order valence-corrected chi connectivity index (χ3v) is 3.99. The van der Waals surface area contributed by atoms with Gasteiger partial charge >= 0.3 is 0 Å². The van der Waals surface area contributed by atoms with Crippen LogP contribution in [0.15, 0.2) is 24.3 Å². The monoisotopic (exact) mass is 269 g/mol. The number of hydrogen-bond donors (Lipinski definition) is 1. The van der Waals surface area contributed by atoms with Crippen LogP contribution in [-0.4, -0.2) is 9.78 Å². The molecular weight excluding hydrogens is 246 g/mol. The Morgan fingerprint density at radius 2 is 2.00 bits per heavy atom. The Kier molecular flexibility index (Phi) is 3.62. The van der Waals surface area contributed by atoms with Crippen LogP contribution < -0.4 is 5.73 Å². The first-order chi connectivity index (χ1) is 9.69. The van der Waals surface area contributed by atoms with E-state index in [4.69, 9.17) is 5.73 Å². The van der Waals surface area contributed by atoms with E-state index >= 15 is 0 Å². The molecule has 1 aromatic heterocycles. The number of aromatic nitrogens is 2. The van der Waals surface area contributed by atoms with E-state index in [0.717, 1.165) is 25.1 Å². The molecular formula is C17H23N3. The van der Waals surface area contributed by atoms with Crippen LogP contribution in [0.5, 0.6) is 0 Å². The molecule has 20 heavy (non-hydrogen) atoms. The fraction of sp³-hybridized carbons (Fsp3) is 0.471. The molecule has 1 aliphatic rings. The molecule has 2 N–H and O–H groups in total. The molecule has 3 heteroatoms. The molecule has 0 radical (unpaired) electrons. The van der Waals surface area contributed by atoms with Crippen molar-refractivity contribution in [2.75, 3.05) is 0 Å². The van der Waals surface area contributed by atoms with Crippen LogP contribution in [0.4, 0.5) is 0 Å². The molecule has 0 atom stereocenters. The van der Waals surface area contributed by atoms with Crippen molar-refractivity contribution in [3.8, 4) is 11.1 Å². The zero-order chi connectivity index (χ0) is 14.1. The Morgan fingerprint density at radius 1 is 1.25 bits per heavy atom. The second-order valence-electron chi connectivity index (χ2n) is 6.09. The average Bonchev–Trinajstić information content (AvgIpc) is 2.99. The SMILES string of the molecule is CC(C)Cc1ccc(-c2c(CN)nn3c2CCC3)cc1. The first-order valence-electron chi connectivity index (χ1n) is 7.57. The molecule has 3 rings (SSSR count). The Hall–Kier alpha value is -1.61. The lowest BCUT2D eigenvalue weighted by atomic mass is 9.97. The van der Waals surface area contributed by atoms with Crippen LogP contribution in [0.3, 0.4) is 0 Å². The molecule has 0 spiro atoms. The van der Waals surface area contributed by atoms with Gasteiger partial charge in [0.25, 0.3) is 0 Å². The van der Waals surface area contributed by atoms with Gasteiger partial charge in [0.2, 0.25) is 0 Å². The summed E-state index contributed by atoms with van der Waals surface area (Å²) >= 11 is 0. The maximum atomic E-state index is 5.87. The van der Waals surface area contributed by atoms with Gasteiger partial charge in [-0.05, 0) is 36.3 Å². The summed E-state index contributed by atoms with van der Waals surface area (Å²) in [5.41, 5.74) is 12.2. The standard InChI is InChI=1S/C17H23N3/c1-12(2)10-13-5-7-14(8-6-13)17-15(11-18)19-20-9-3-4-16(17)20/h5-8,12H,3-4,9-11,18H2,1-2H3. The van der Waals surface area contributed by atoms with Crippen LogP contribution in [0, 0.1) is 5.92 Å². The number of nitrogens with two attached hydrogens (primary N) is 1. The van der Waals surface area contributed by atoms with E-state index in [9.17, 15) is 0 Å². The van der Waals surface area contributed by atoms with Crippen molar-refractivity contribution in [2.45, 2.75) is 46.2 Å². The molecule has 0 saturated heterocycles. The summed E-state index contributed by atoms with van der Waals surface area (Å²) in [6.45, 7) is 6.06. The minimum atomic E-state index is 0.517. The van der Waals surface area contributed by atoms with Gasteiger partial charge in [-0.15, -0.1) is 0 Å². The number of fused-ring (bicyclic) bond motifs is 1. The topological polar surface area (TPSA) is 43.8 Å². The summed E-state index contributed by atoms with van der Waals surface area (Å²) in [4.78, 5) is 0. The van der Waals surface area contributed by atoms with Gasteiger partial charge < -0.3 is 5.73 Å². The molecule has 3 nitrogen and oxygen atoms in total. The minimum Gasteiger partial charge on any atom is -0.325 e. The Labute approximate surface area is 120 Å². The molecule has 0 fully saturated rings. The molecule has 106 valence electrons. The first kappa shape index (κ1) is 13.4. The molecule has 0 aliphatic carbocycles. The second kappa shape index (κ2) is 5.41. The van der Waals surface area contributed by atoms with E-state index < -0.39 is 0 Å². The maximum absolute atomic E-state index is 5.87. The summed E-state index contributed by atoms with van der Waals surface area (Å²) in [7, 11) is 0. The zero-order valence-corrected chi connectivity index (χ0v) is 12.4. The lowest BCUT2D eigenvalue weighted by molar-refractivity contribution is 0.644. The van der Waals surface area contributed by atoms with Gasteiger partial charge in [0, 0.05) is 24.3 Å². The van der Waals surface area contributed by atoms with E-state index in [2.05, 4.69) is 47.9 Å². The zero-order valence-electron chi connectivity index (χ0n) is 12.4. The fourth-order valence-corrected chi connectivity index (χ4v) is 3.14. The third kappa shape index (κ3) is 2.38. The Balaban J connectivity index is 1.96. The highest BCUT2D eigenvalue weighted by Gasteiger charge is 2.21. The van der Waals surface area contributed by atoms with Crippen molar-refractivity contribution in [1.82, 2.24) is 9.78 Å². The van der Waals surface area contributed by atoms with Gasteiger partial charge in [0.05, 0.1) is 5.69 Å². The highest BCUT2D eigenvalue weighted by molar-refractivity contribution is 5.69. The molecule has 0 bridgehead atoms. The Morgan fingerprint density at radius 3 is 2.65 bits per heavy atom. The van der Waals surface area contributed by atoms with Gasteiger partial charge in [0.1, 0.15) is 0 Å². The normalized spacial score (nSPS) is 14.0. The van der Waals surface area contributed by atoms with E-state index in [0.29, 0.717) is 12.5 Å². The van der Waals surface area contributed by atoms with Gasteiger partial charge in [-0.1, -0.05) is 38.1 Å². The molecule has 0 amide bonds. The molecule has 2 heterocycles. The van der Waals surface area contributed by atoms with Crippen molar-refractivity contribution < 1.29 is 0 Å². The van der Waals surface area contributed by atoms with Crippen LogP contribution >= 0.6 is 0 Å². The highest BCUT2D eigenvalue weighted by Crippen LogP contribution is 2.32. The van der Waals surface area contributed by atoms with Crippen LogP contribution in [0.1, 0.15) is 37.2 Å². The van der Waals surface area contributed by atoms with Crippen molar-refractivity contribution >= 4 is 0 Å². The van der Waals surface area contributed by atoms with Crippen molar-refractivity contribution in [3.05, 3.63) is 41.2 Å². The molecule has 2 aromatic rings. The Bertz CT molecular complexity index is 593. The van der Waals surface area contributed by atoms with Crippen molar-refractivity contribution in [3.63, 3.8) is 0 Å². The lowest BCUT2D eigenvalue weighted by Crippen LogP contribution is -2.01. The van der Waals surface area contributed by atoms with E-state index in [1.807, 2.05) is 0 Å². The van der Waals surface area contributed by atoms with Crippen molar-refractivity contribution in [1.29, 1.82) is 0 Å². The number of aryl methyl sites for hydroxylation is 1. The third-order valence-electron chi connectivity index (χ3n) is 3.99. The smallest absolute Gasteiger partial charge is 0.0841 e. The predicted molar refractivity (Wildman–Crippen MR) is 82.4 cm³/mol. The summed E-state index contributed by atoms with van der Waals surface area (Å²) in [6, 6.07) is 8.95. The quantitative estimate of drug-likeness (QED) is 0.926. The summed E-state index contributed by atoms with van der Waals surface area (Å²) < 4.78 is 2.14. The predicted octanol–water partition coefficient (Wildman–Crippen LogP) is 3.15. The number of nitrogens with zero attached hydrogens (tertiary/aromatic N) is 2. The number of rotatable bonds is 4. The largest absolute Gasteiger partial charge is 0.325 e. The average molecular weight is 269 g/mol. The first-order valence-corrected chi connectivity index (χ1v) is 7.57. The van der Waals surface area contributed by atoms with Crippen LogP contribution in [0.25, 0.3) is 11.1 Å². The van der Waals surface area contributed by atoms with Crippen LogP contribution in [-0.2, 0) is 25.9 Å². The number of hydrogen-bond acceptors (Lipinski definition) is 2. The van der Waals surface area contributed by atoms with E-state index in [1.165, 1.54) is 28.8 Å². The van der Waals surface area contributed by atoms with E-state index in [-0.39, 0.29) is 0 Å².